The van der Waals surface area contributed by atoms with Gasteiger partial charge >= 0.3 is 5.97 Å². The van der Waals surface area contributed by atoms with Crippen LogP contribution in [0, 0.1) is 12.8 Å². The zero-order valence-electron chi connectivity index (χ0n) is 20.2. The molecule has 2 heterocycles. The molecule has 36 heavy (non-hydrogen) atoms. The van der Waals surface area contributed by atoms with E-state index >= 15 is 0 Å². The van der Waals surface area contributed by atoms with Crippen LogP contribution in [0.5, 0.6) is 5.75 Å². The van der Waals surface area contributed by atoms with Gasteiger partial charge in [0.1, 0.15) is 36.1 Å². The number of aliphatic carboxylic acids is 1. The molecule has 8 heteroatoms. The lowest BCUT2D eigenvalue weighted by Gasteiger charge is -2.10. The monoisotopic (exact) mass is 488 g/mol. The van der Waals surface area contributed by atoms with E-state index in [1.54, 1.807) is 12.1 Å². The number of rotatable bonds is 12. The number of carbonyl (C=O) groups is 1. The van der Waals surface area contributed by atoms with E-state index in [1.165, 1.54) is 6.26 Å². The predicted octanol–water partition coefficient (Wildman–Crippen LogP) is 6.24. The normalized spacial score (nSPS) is 12.3. The Balaban J connectivity index is 1.33. The molecular formula is C28H28N2O6. The molecule has 0 saturated carbocycles. The number of nitrogens with zero attached hydrogens (tertiary/aromatic N) is 2. The molecule has 8 nitrogen and oxygen atoms in total. The molecule has 1 N–H and O–H groups in total. The number of ether oxygens (including phenoxy) is 1. The zero-order chi connectivity index (χ0) is 25.3. The van der Waals surface area contributed by atoms with Gasteiger partial charge in [-0.2, -0.15) is 0 Å². The van der Waals surface area contributed by atoms with E-state index < -0.39 is 11.9 Å². The van der Waals surface area contributed by atoms with Crippen LogP contribution in [-0.4, -0.2) is 21.8 Å². The number of oxime groups is 1. The van der Waals surface area contributed by atoms with Crippen molar-refractivity contribution in [3.63, 3.8) is 0 Å². The fraction of sp³-hybridized carbons (Fsp3) is 0.250. The summed E-state index contributed by atoms with van der Waals surface area (Å²) in [6.45, 7) is 4.21. The van der Waals surface area contributed by atoms with E-state index in [1.807, 2.05) is 68.4 Å². The van der Waals surface area contributed by atoms with Crippen LogP contribution in [0.1, 0.15) is 42.5 Å². The van der Waals surface area contributed by atoms with Crippen LogP contribution in [0.2, 0.25) is 0 Å². The number of hydrogen-bond donors (Lipinski definition) is 1. The van der Waals surface area contributed by atoms with Crippen LogP contribution in [0.15, 0.2) is 87.0 Å². The summed E-state index contributed by atoms with van der Waals surface area (Å²) in [5, 5.41) is 13.6. The molecule has 0 aliphatic heterocycles. The number of carboxylic acid groups (broad SMARTS) is 1. The van der Waals surface area contributed by atoms with Crippen molar-refractivity contribution in [1.82, 2.24) is 4.98 Å². The third-order valence-corrected chi connectivity index (χ3v) is 5.71. The van der Waals surface area contributed by atoms with E-state index in [4.69, 9.17) is 18.4 Å². The van der Waals surface area contributed by atoms with Crippen LogP contribution in [0.25, 0.3) is 11.5 Å². The Morgan fingerprint density at radius 2 is 1.83 bits per heavy atom. The summed E-state index contributed by atoms with van der Waals surface area (Å²) < 4.78 is 17.1. The molecule has 2 aromatic heterocycles. The first-order valence-corrected chi connectivity index (χ1v) is 11.7. The molecule has 4 aromatic rings. The largest absolute Gasteiger partial charge is 0.487 e. The van der Waals surface area contributed by atoms with Crippen molar-refractivity contribution >= 4 is 11.7 Å². The van der Waals surface area contributed by atoms with E-state index in [9.17, 15) is 9.90 Å². The number of aryl methyl sites for hydroxylation is 1. The first-order valence-electron chi connectivity index (χ1n) is 11.7. The summed E-state index contributed by atoms with van der Waals surface area (Å²) in [6.07, 6.45) is 2.23. The average Bonchev–Trinajstić information content (AvgIpc) is 3.56. The van der Waals surface area contributed by atoms with Gasteiger partial charge in [-0.3, -0.25) is 4.79 Å². The Morgan fingerprint density at radius 3 is 2.50 bits per heavy atom. The fourth-order valence-electron chi connectivity index (χ4n) is 3.55. The van der Waals surface area contributed by atoms with Gasteiger partial charge < -0.3 is 23.5 Å². The van der Waals surface area contributed by atoms with Crippen LogP contribution in [-0.2, 0) is 22.8 Å². The van der Waals surface area contributed by atoms with E-state index in [-0.39, 0.29) is 19.6 Å². The van der Waals surface area contributed by atoms with Gasteiger partial charge in [-0.1, -0.05) is 42.4 Å². The standard InChI is InChI=1S/C28H28N2O6/c1-3-21(28(31)32)16-24(26-10-7-15-33-26)30-35-17-20-11-13-23(14-12-20)34-18-25-19(2)36-27(29-25)22-8-5-4-6-9-22/h4-15,21H,3,16-18H2,1-2H3,(H,31,32). The maximum atomic E-state index is 11.4. The molecule has 0 amide bonds. The van der Waals surface area contributed by atoms with Crippen LogP contribution < -0.4 is 4.74 Å². The van der Waals surface area contributed by atoms with Crippen molar-refractivity contribution in [3.8, 4) is 17.2 Å². The average molecular weight is 489 g/mol. The summed E-state index contributed by atoms with van der Waals surface area (Å²) in [4.78, 5) is 21.5. The molecule has 1 atom stereocenters. The highest BCUT2D eigenvalue weighted by atomic mass is 16.6. The summed E-state index contributed by atoms with van der Waals surface area (Å²) in [6, 6.07) is 20.7. The SMILES string of the molecule is CCC(CC(=NOCc1ccc(OCc2nc(-c3ccccc3)oc2C)cc1)c1ccco1)C(=O)O. The summed E-state index contributed by atoms with van der Waals surface area (Å²) in [5.41, 5.74) is 3.02. The van der Waals surface area contributed by atoms with Crippen LogP contribution >= 0.6 is 0 Å². The number of carboxylic acids is 1. The van der Waals surface area contributed by atoms with Gasteiger partial charge in [0, 0.05) is 12.0 Å². The van der Waals surface area contributed by atoms with Crippen LogP contribution in [0.3, 0.4) is 0 Å². The van der Waals surface area contributed by atoms with Gasteiger partial charge in [0.2, 0.25) is 5.89 Å². The molecule has 0 spiro atoms. The molecule has 186 valence electrons. The Labute approximate surface area is 209 Å². The zero-order valence-corrected chi connectivity index (χ0v) is 20.2. The molecule has 0 aliphatic rings. The number of oxazole rings is 1. The lowest BCUT2D eigenvalue weighted by atomic mass is 9.98. The quantitative estimate of drug-likeness (QED) is 0.186. The van der Waals surface area contributed by atoms with Gasteiger partial charge in [0.15, 0.2) is 5.76 Å². The van der Waals surface area contributed by atoms with Crippen molar-refractivity contribution in [2.75, 3.05) is 0 Å². The van der Waals surface area contributed by atoms with E-state index in [0.29, 0.717) is 29.5 Å². The summed E-state index contributed by atoms with van der Waals surface area (Å²) in [7, 11) is 0. The van der Waals surface area contributed by atoms with Crippen LogP contribution in [0.4, 0.5) is 0 Å². The Morgan fingerprint density at radius 1 is 1.06 bits per heavy atom. The molecular weight excluding hydrogens is 460 g/mol. The second-order valence-electron chi connectivity index (χ2n) is 8.26. The second kappa shape index (κ2) is 11.9. The minimum Gasteiger partial charge on any atom is -0.487 e. The summed E-state index contributed by atoms with van der Waals surface area (Å²) in [5.74, 6) is 1.04. The Bertz CT molecular complexity index is 1280. The van der Waals surface area contributed by atoms with Gasteiger partial charge in [-0.25, -0.2) is 4.98 Å². The predicted molar refractivity (Wildman–Crippen MR) is 134 cm³/mol. The lowest BCUT2D eigenvalue weighted by Crippen LogP contribution is -2.18. The molecule has 0 bridgehead atoms. The van der Waals surface area contributed by atoms with Crippen molar-refractivity contribution in [2.45, 2.75) is 39.9 Å². The van der Waals surface area contributed by atoms with Crippen molar-refractivity contribution in [3.05, 3.63) is 95.8 Å². The Kier molecular flexibility index (Phi) is 8.18. The minimum atomic E-state index is -0.871. The van der Waals surface area contributed by atoms with Gasteiger partial charge in [0.25, 0.3) is 0 Å². The maximum Gasteiger partial charge on any atom is 0.306 e. The highest BCUT2D eigenvalue weighted by Crippen LogP contribution is 2.23. The summed E-state index contributed by atoms with van der Waals surface area (Å²) >= 11 is 0. The molecule has 2 aromatic carbocycles. The third-order valence-electron chi connectivity index (χ3n) is 5.71. The minimum absolute atomic E-state index is 0.219. The first kappa shape index (κ1) is 24.8. The third kappa shape index (κ3) is 6.41. The topological polar surface area (TPSA) is 107 Å². The number of furan rings is 1. The molecule has 0 radical (unpaired) electrons. The molecule has 0 aliphatic carbocycles. The smallest absolute Gasteiger partial charge is 0.306 e. The molecule has 1 unspecified atom stereocenters. The molecule has 0 saturated heterocycles. The van der Waals surface area contributed by atoms with Gasteiger partial charge in [-0.05, 0) is 55.3 Å². The molecule has 4 rings (SSSR count). The number of aromatic nitrogens is 1. The van der Waals surface area contributed by atoms with Crippen molar-refractivity contribution in [2.24, 2.45) is 11.1 Å². The maximum absolute atomic E-state index is 11.4. The Hall–Kier alpha value is -4.33. The highest BCUT2D eigenvalue weighted by Gasteiger charge is 2.21. The highest BCUT2D eigenvalue weighted by molar-refractivity contribution is 5.99. The van der Waals surface area contributed by atoms with Crippen molar-refractivity contribution in [1.29, 1.82) is 0 Å². The fourth-order valence-corrected chi connectivity index (χ4v) is 3.55. The first-order chi connectivity index (χ1) is 17.5. The van der Waals surface area contributed by atoms with Crippen molar-refractivity contribution < 1.29 is 28.3 Å². The molecule has 0 fully saturated rings. The van der Waals surface area contributed by atoms with E-state index in [2.05, 4.69) is 10.1 Å². The lowest BCUT2D eigenvalue weighted by molar-refractivity contribution is -0.141. The van der Waals surface area contributed by atoms with Gasteiger partial charge in [-0.15, -0.1) is 0 Å². The number of hydrogen-bond acceptors (Lipinski definition) is 7. The van der Waals surface area contributed by atoms with Gasteiger partial charge in [0.05, 0.1) is 12.2 Å². The second-order valence-corrected chi connectivity index (χ2v) is 8.26. The van der Waals surface area contributed by atoms with E-state index in [0.717, 1.165) is 22.6 Å². The number of benzene rings is 2.